The van der Waals surface area contributed by atoms with E-state index in [2.05, 4.69) is 5.16 Å². The smallest absolute Gasteiger partial charge is 0.271 e. The van der Waals surface area contributed by atoms with Crippen molar-refractivity contribution in [1.29, 1.82) is 0 Å². The Morgan fingerprint density at radius 3 is 2.20 bits per heavy atom. The van der Waals surface area contributed by atoms with Gasteiger partial charge in [0.2, 0.25) is 5.88 Å². The lowest BCUT2D eigenvalue weighted by molar-refractivity contribution is 0.0178. The van der Waals surface area contributed by atoms with Crippen LogP contribution in [0, 0.1) is 0 Å². The van der Waals surface area contributed by atoms with Crippen LogP contribution in [0.4, 0.5) is 14.7 Å². The summed E-state index contributed by atoms with van der Waals surface area (Å²) in [4.78, 5) is 0. The van der Waals surface area contributed by atoms with Gasteiger partial charge in [0.25, 0.3) is 5.92 Å². The van der Waals surface area contributed by atoms with E-state index in [0.29, 0.717) is 5.75 Å². The fraction of sp³-hybridized carbons (Fsp3) is 0.308. The number of methoxy groups -OCH3 is 2. The van der Waals surface area contributed by atoms with Crippen LogP contribution >= 0.6 is 0 Å². The third-order valence-corrected chi connectivity index (χ3v) is 2.89. The van der Waals surface area contributed by atoms with Crippen molar-refractivity contribution in [3.63, 3.8) is 0 Å². The molecule has 1 aromatic carbocycles. The van der Waals surface area contributed by atoms with Crippen LogP contribution in [0.15, 0.2) is 22.9 Å². The van der Waals surface area contributed by atoms with E-state index in [1.807, 2.05) is 0 Å². The fourth-order valence-electron chi connectivity index (χ4n) is 1.92. The van der Waals surface area contributed by atoms with Crippen LogP contribution in [-0.4, -0.2) is 19.4 Å². The van der Waals surface area contributed by atoms with E-state index < -0.39 is 5.92 Å². The molecule has 0 saturated heterocycles. The van der Waals surface area contributed by atoms with Crippen LogP contribution in [-0.2, 0) is 5.92 Å². The first-order chi connectivity index (χ1) is 9.38. The molecule has 0 amide bonds. The van der Waals surface area contributed by atoms with Crippen molar-refractivity contribution in [1.82, 2.24) is 5.16 Å². The zero-order valence-corrected chi connectivity index (χ0v) is 11.2. The molecule has 0 saturated carbocycles. The highest BCUT2D eigenvalue weighted by Gasteiger charge is 2.31. The SMILES string of the molecule is COc1cc(-c2cnoc2N)c(C(C)(F)F)cc1OC. The normalized spacial score (nSPS) is 11.4. The molecule has 2 rings (SSSR count). The minimum atomic E-state index is -3.08. The average Bonchev–Trinajstić information content (AvgIpc) is 2.82. The number of benzene rings is 1. The average molecular weight is 284 g/mol. The Morgan fingerprint density at radius 1 is 1.15 bits per heavy atom. The molecule has 0 radical (unpaired) electrons. The molecule has 0 aliphatic carbocycles. The van der Waals surface area contributed by atoms with Crippen molar-refractivity contribution in [2.75, 3.05) is 20.0 Å². The first kappa shape index (κ1) is 14.1. The first-order valence-corrected chi connectivity index (χ1v) is 5.73. The lowest BCUT2D eigenvalue weighted by Gasteiger charge is -2.18. The van der Waals surface area contributed by atoms with Crippen molar-refractivity contribution in [3.8, 4) is 22.6 Å². The zero-order chi connectivity index (χ0) is 14.9. The van der Waals surface area contributed by atoms with Crippen LogP contribution in [0.3, 0.4) is 0 Å². The van der Waals surface area contributed by atoms with E-state index in [1.165, 1.54) is 32.5 Å². The van der Waals surface area contributed by atoms with Crippen LogP contribution in [0.25, 0.3) is 11.1 Å². The van der Waals surface area contributed by atoms with Gasteiger partial charge >= 0.3 is 0 Å². The number of anilines is 1. The molecule has 108 valence electrons. The van der Waals surface area contributed by atoms with Gasteiger partial charge in [0, 0.05) is 18.1 Å². The maximum Gasteiger partial charge on any atom is 0.271 e. The molecular formula is C13H14F2N2O3. The van der Waals surface area contributed by atoms with Gasteiger partial charge in [-0.15, -0.1) is 0 Å². The Labute approximate surface area is 114 Å². The van der Waals surface area contributed by atoms with Crippen molar-refractivity contribution >= 4 is 5.88 Å². The van der Waals surface area contributed by atoms with E-state index in [0.717, 1.165) is 6.92 Å². The number of halogens is 2. The van der Waals surface area contributed by atoms with Crippen LogP contribution in [0.1, 0.15) is 12.5 Å². The summed E-state index contributed by atoms with van der Waals surface area (Å²) in [6, 6.07) is 2.65. The lowest BCUT2D eigenvalue weighted by Crippen LogP contribution is -2.10. The number of hydrogen-bond donors (Lipinski definition) is 1. The van der Waals surface area contributed by atoms with Gasteiger partial charge in [0.15, 0.2) is 11.5 Å². The van der Waals surface area contributed by atoms with E-state index in [9.17, 15) is 8.78 Å². The Kier molecular flexibility index (Phi) is 3.52. The number of alkyl halides is 2. The zero-order valence-electron chi connectivity index (χ0n) is 11.2. The third-order valence-electron chi connectivity index (χ3n) is 2.89. The molecular weight excluding hydrogens is 270 g/mol. The second kappa shape index (κ2) is 4.99. The molecule has 20 heavy (non-hydrogen) atoms. The van der Waals surface area contributed by atoms with Gasteiger partial charge in [-0.1, -0.05) is 5.16 Å². The molecule has 0 unspecified atom stereocenters. The second-order valence-electron chi connectivity index (χ2n) is 4.24. The summed E-state index contributed by atoms with van der Waals surface area (Å²) in [5, 5.41) is 3.50. The largest absolute Gasteiger partial charge is 0.493 e. The Balaban J connectivity index is 2.74. The van der Waals surface area contributed by atoms with Crippen molar-refractivity contribution < 1.29 is 22.8 Å². The number of nitrogens with two attached hydrogens (primary N) is 1. The molecule has 7 heteroatoms. The molecule has 0 fully saturated rings. The van der Waals surface area contributed by atoms with Gasteiger partial charge in [0.05, 0.1) is 26.0 Å². The van der Waals surface area contributed by atoms with E-state index in [-0.39, 0.29) is 28.3 Å². The summed E-state index contributed by atoms with van der Waals surface area (Å²) < 4.78 is 42.5. The summed E-state index contributed by atoms with van der Waals surface area (Å²) in [7, 11) is 2.80. The van der Waals surface area contributed by atoms with Crippen molar-refractivity contribution in [2.45, 2.75) is 12.8 Å². The number of hydrogen-bond acceptors (Lipinski definition) is 5. The standard InChI is InChI=1S/C13H14F2N2O3/c1-13(14,15)9-5-11(19-3)10(18-2)4-7(9)8-6-17-20-12(8)16/h4-6H,16H2,1-3H3. The molecule has 2 N–H and O–H groups in total. The molecule has 1 aromatic heterocycles. The van der Waals surface area contributed by atoms with E-state index >= 15 is 0 Å². The van der Waals surface area contributed by atoms with Gasteiger partial charge in [-0.05, 0) is 12.1 Å². The number of ether oxygens (including phenoxy) is 2. The predicted molar refractivity (Wildman–Crippen MR) is 69.0 cm³/mol. The molecule has 0 aliphatic heterocycles. The van der Waals surface area contributed by atoms with Gasteiger partial charge in [0.1, 0.15) is 0 Å². The lowest BCUT2D eigenvalue weighted by atomic mass is 9.97. The number of nitrogen functional groups attached to an aromatic ring is 1. The second-order valence-corrected chi connectivity index (χ2v) is 4.24. The van der Waals surface area contributed by atoms with Crippen LogP contribution in [0.2, 0.25) is 0 Å². The first-order valence-electron chi connectivity index (χ1n) is 5.73. The Bertz CT molecular complexity index is 621. The Hall–Kier alpha value is -2.31. The number of nitrogens with zero attached hydrogens (tertiary/aromatic N) is 1. The highest BCUT2D eigenvalue weighted by molar-refractivity contribution is 5.77. The van der Waals surface area contributed by atoms with Gasteiger partial charge in [-0.25, -0.2) is 8.78 Å². The van der Waals surface area contributed by atoms with Crippen molar-refractivity contribution in [2.24, 2.45) is 0 Å². The molecule has 0 spiro atoms. The molecule has 1 heterocycles. The maximum absolute atomic E-state index is 13.8. The van der Waals surface area contributed by atoms with Crippen molar-refractivity contribution in [3.05, 3.63) is 23.9 Å². The minimum absolute atomic E-state index is 0.0391. The molecule has 5 nitrogen and oxygen atoms in total. The van der Waals surface area contributed by atoms with Crippen LogP contribution < -0.4 is 15.2 Å². The summed E-state index contributed by atoms with van der Waals surface area (Å²) in [5.41, 5.74) is 5.82. The maximum atomic E-state index is 13.8. The monoisotopic (exact) mass is 284 g/mol. The topological polar surface area (TPSA) is 70.5 Å². The predicted octanol–water partition coefficient (Wildman–Crippen LogP) is 3.05. The third kappa shape index (κ3) is 2.38. The molecule has 0 aliphatic rings. The number of rotatable bonds is 4. The molecule has 2 aromatic rings. The summed E-state index contributed by atoms with van der Waals surface area (Å²) in [5.74, 6) is -2.60. The quantitative estimate of drug-likeness (QED) is 0.934. The minimum Gasteiger partial charge on any atom is -0.493 e. The van der Waals surface area contributed by atoms with E-state index in [4.69, 9.17) is 19.7 Å². The van der Waals surface area contributed by atoms with Gasteiger partial charge in [-0.3, -0.25) is 0 Å². The Morgan fingerprint density at radius 2 is 1.75 bits per heavy atom. The van der Waals surface area contributed by atoms with Crippen LogP contribution in [0.5, 0.6) is 11.5 Å². The summed E-state index contributed by atoms with van der Waals surface area (Å²) in [6.07, 6.45) is 1.28. The highest BCUT2D eigenvalue weighted by Crippen LogP contribution is 2.43. The van der Waals surface area contributed by atoms with Gasteiger partial charge in [-0.2, -0.15) is 0 Å². The summed E-state index contributed by atoms with van der Waals surface area (Å²) >= 11 is 0. The van der Waals surface area contributed by atoms with Gasteiger partial charge < -0.3 is 19.7 Å². The highest BCUT2D eigenvalue weighted by atomic mass is 19.3. The molecule has 0 atom stereocenters. The molecule has 0 bridgehead atoms. The summed E-state index contributed by atoms with van der Waals surface area (Å²) in [6.45, 7) is 0.793. The number of aromatic nitrogens is 1. The fourth-order valence-corrected chi connectivity index (χ4v) is 1.92. The van der Waals surface area contributed by atoms with E-state index in [1.54, 1.807) is 0 Å².